The molecule has 0 saturated heterocycles. The number of aliphatic carboxylic acids is 1. The van der Waals surface area contributed by atoms with Gasteiger partial charge in [-0.15, -0.1) is 11.6 Å². The second-order valence-corrected chi connectivity index (χ2v) is 7.66. The third-order valence-corrected chi connectivity index (χ3v) is 5.47. The molecule has 0 fully saturated rings. The van der Waals surface area contributed by atoms with Gasteiger partial charge in [0.15, 0.2) is 5.82 Å². The molecule has 2 unspecified atom stereocenters. The zero-order valence-corrected chi connectivity index (χ0v) is 17.0. The number of rotatable bonds is 11. The molecule has 1 N–H and O–H groups in total. The van der Waals surface area contributed by atoms with E-state index in [0.717, 1.165) is 29.8 Å². The van der Waals surface area contributed by atoms with Crippen LogP contribution >= 0.6 is 11.6 Å². The minimum absolute atomic E-state index is 0.365. The average molecular weight is 389 g/mol. The minimum atomic E-state index is -0.851. The lowest BCUT2D eigenvalue weighted by atomic mass is 10.00. The molecule has 0 aliphatic rings. The van der Waals surface area contributed by atoms with E-state index >= 15 is 0 Å². The normalized spacial score (nSPS) is 13.3. The van der Waals surface area contributed by atoms with E-state index < -0.39 is 11.9 Å². The second kappa shape index (κ2) is 11.0. The fourth-order valence-electron chi connectivity index (χ4n) is 2.92. The maximum atomic E-state index is 11.0. The number of nitrogens with zero attached hydrogens (tertiary/aromatic N) is 2. The first kappa shape index (κ1) is 21.4. The molecule has 146 valence electrons. The van der Waals surface area contributed by atoms with Crippen molar-refractivity contribution in [2.75, 3.05) is 0 Å². The molecule has 0 spiro atoms. The Balaban J connectivity index is 1.88. The summed E-state index contributed by atoms with van der Waals surface area (Å²) in [4.78, 5) is 20.0. The first-order valence-electron chi connectivity index (χ1n) is 9.78. The van der Waals surface area contributed by atoms with Crippen molar-refractivity contribution in [1.29, 1.82) is 0 Å². The number of carboxylic acids is 1. The van der Waals surface area contributed by atoms with Gasteiger partial charge in [-0.3, -0.25) is 4.79 Å². The largest absolute Gasteiger partial charge is 0.481 e. The second-order valence-electron chi connectivity index (χ2n) is 7.10. The summed E-state index contributed by atoms with van der Waals surface area (Å²) >= 11 is 6.17. The molecule has 0 amide bonds. The van der Waals surface area contributed by atoms with Crippen LogP contribution < -0.4 is 0 Å². The Morgan fingerprint density at radius 3 is 2.30 bits per heavy atom. The molecule has 2 rings (SSSR count). The van der Waals surface area contributed by atoms with Crippen molar-refractivity contribution < 1.29 is 9.90 Å². The maximum Gasteiger partial charge on any atom is 0.307 e. The molecule has 0 saturated carbocycles. The lowest BCUT2D eigenvalue weighted by Crippen LogP contribution is -2.21. The van der Waals surface area contributed by atoms with Crippen LogP contribution in [0, 0.1) is 5.92 Å². The van der Waals surface area contributed by atoms with Gasteiger partial charge in [0.2, 0.25) is 0 Å². The summed E-state index contributed by atoms with van der Waals surface area (Å²) in [6.45, 7) is 3.86. The van der Waals surface area contributed by atoms with Gasteiger partial charge < -0.3 is 5.11 Å². The molecule has 1 aromatic heterocycles. The quantitative estimate of drug-likeness (QED) is 0.406. The summed E-state index contributed by atoms with van der Waals surface area (Å²) in [7, 11) is 0. The van der Waals surface area contributed by atoms with Crippen molar-refractivity contribution in [2.24, 2.45) is 5.92 Å². The number of carboxylic acid groups (broad SMARTS) is 1. The van der Waals surface area contributed by atoms with Crippen LogP contribution in [-0.2, 0) is 17.6 Å². The predicted molar refractivity (Wildman–Crippen MR) is 110 cm³/mol. The number of carbonyl (C=O) groups is 1. The molecule has 27 heavy (non-hydrogen) atoms. The van der Waals surface area contributed by atoms with Crippen LogP contribution in [0.2, 0.25) is 0 Å². The van der Waals surface area contributed by atoms with Crippen LogP contribution in [0.1, 0.15) is 57.1 Å². The third-order valence-electron chi connectivity index (χ3n) is 4.88. The summed E-state index contributed by atoms with van der Waals surface area (Å²) in [6, 6.07) is 8.09. The van der Waals surface area contributed by atoms with Gasteiger partial charge >= 0.3 is 5.97 Å². The van der Waals surface area contributed by atoms with Crippen molar-refractivity contribution in [1.82, 2.24) is 9.97 Å². The molecular formula is C22H29ClN2O2. The fraction of sp³-hybridized carbons (Fsp3) is 0.500. The van der Waals surface area contributed by atoms with Crippen LogP contribution in [0.5, 0.6) is 0 Å². The van der Waals surface area contributed by atoms with Crippen molar-refractivity contribution in [2.45, 2.75) is 64.2 Å². The van der Waals surface area contributed by atoms with E-state index in [1.54, 1.807) is 6.92 Å². The molecule has 0 radical (unpaired) electrons. The summed E-state index contributed by atoms with van der Waals surface area (Å²) < 4.78 is 0. The highest BCUT2D eigenvalue weighted by Crippen LogP contribution is 2.20. The Morgan fingerprint density at radius 1 is 1.04 bits per heavy atom. The van der Waals surface area contributed by atoms with E-state index in [9.17, 15) is 4.79 Å². The number of benzene rings is 1. The number of halogens is 1. The van der Waals surface area contributed by atoms with E-state index in [2.05, 4.69) is 16.9 Å². The monoisotopic (exact) mass is 388 g/mol. The molecule has 5 heteroatoms. The molecule has 2 aromatic rings. The molecule has 2 atom stereocenters. The van der Waals surface area contributed by atoms with Gasteiger partial charge in [0.1, 0.15) is 0 Å². The van der Waals surface area contributed by atoms with Gasteiger partial charge in [0, 0.05) is 23.3 Å². The van der Waals surface area contributed by atoms with E-state index in [4.69, 9.17) is 16.7 Å². The minimum Gasteiger partial charge on any atom is -0.481 e. The topological polar surface area (TPSA) is 63.1 Å². The summed E-state index contributed by atoms with van der Waals surface area (Å²) in [5.74, 6) is -0.662. The Morgan fingerprint density at radius 2 is 1.70 bits per heavy atom. The van der Waals surface area contributed by atoms with Crippen LogP contribution in [0.25, 0.3) is 11.4 Å². The van der Waals surface area contributed by atoms with Gasteiger partial charge in [-0.25, -0.2) is 9.97 Å². The molecule has 1 heterocycles. The van der Waals surface area contributed by atoms with Gasteiger partial charge in [0.05, 0.1) is 5.92 Å². The van der Waals surface area contributed by atoms with Gasteiger partial charge in [-0.1, -0.05) is 57.4 Å². The van der Waals surface area contributed by atoms with Crippen molar-refractivity contribution in [3.8, 4) is 11.4 Å². The van der Waals surface area contributed by atoms with Crippen LogP contribution in [0.3, 0.4) is 0 Å². The van der Waals surface area contributed by atoms with Crippen LogP contribution in [0.4, 0.5) is 0 Å². The highest BCUT2D eigenvalue weighted by atomic mass is 35.5. The highest BCUT2D eigenvalue weighted by molar-refractivity contribution is 6.21. The van der Waals surface area contributed by atoms with Crippen molar-refractivity contribution >= 4 is 17.6 Å². The lowest BCUT2D eigenvalue weighted by molar-refractivity contribution is -0.141. The zero-order valence-electron chi connectivity index (χ0n) is 16.2. The lowest BCUT2D eigenvalue weighted by Gasteiger charge is -2.13. The van der Waals surface area contributed by atoms with E-state index in [0.29, 0.717) is 6.42 Å². The molecule has 0 bridgehead atoms. The summed E-state index contributed by atoms with van der Waals surface area (Å²) in [6.07, 6.45) is 11.2. The number of hydrogen-bond donors (Lipinski definition) is 1. The Labute approximate surface area is 167 Å². The van der Waals surface area contributed by atoms with Gasteiger partial charge in [-0.2, -0.15) is 0 Å². The standard InChI is InChI=1S/C22H29ClN2O2/c1-3-4-5-6-7-18-14-24-21(25-15-18)19-11-8-17(9-12-19)10-13-20(23)16(2)22(26)27/h8-9,11-12,14-16,20H,3-7,10,13H2,1-2H3,(H,26,27). The predicted octanol–water partition coefficient (Wildman–Crippen LogP) is 5.53. The molecule has 0 aliphatic heterocycles. The number of aryl methyl sites for hydroxylation is 2. The Kier molecular flexibility index (Phi) is 8.73. The van der Waals surface area contributed by atoms with E-state index in [-0.39, 0.29) is 5.38 Å². The number of alkyl halides is 1. The molecule has 0 aliphatic carbocycles. The number of hydrogen-bond acceptors (Lipinski definition) is 3. The molecular weight excluding hydrogens is 360 g/mol. The van der Waals surface area contributed by atoms with Crippen LogP contribution in [-0.4, -0.2) is 26.4 Å². The van der Waals surface area contributed by atoms with E-state index in [1.165, 1.54) is 31.2 Å². The first-order valence-corrected chi connectivity index (χ1v) is 10.2. The Bertz CT molecular complexity index is 701. The first-order chi connectivity index (χ1) is 13.0. The fourth-order valence-corrected chi connectivity index (χ4v) is 3.14. The average Bonchev–Trinajstić information content (AvgIpc) is 2.69. The smallest absolute Gasteiger partial charge is 0.307 e. The van der Waals surface area contributed by atoms with Crippen LogP contribution in [0.15, 0.2) is 36.7 Å². The Hall–Kier alpha value is -1.94. The highest BCUT2D eigenvalue weighted by Gasteiger charge is 2.20. The third kappa shape index (κ3) is 6.94. The zero-order chi connectivity index (χ0) is 19.6. The van der Waals surface area contributed by atoms with Crippen molar-refractivity contribution in [3.63, 3.8) is 0 Å². The maximum absolute atomic E-state index is 11.0. The summed E-state index contributed by atoms with van der Waals surface area (Å²) in [5, 5.41) is 8.64. The van der Waals surface area contributed by atoms with Gasteiger partial charge in [0.25, 0.3) is 0 Å². The van der Waals surface area contributed by atoms with Crippen molar-refractivity contribution in [3.05, 3.63) is 47.8 Å². The molecule has 4 nitrogen and oxygen atoms in total. The molecule has 1 aromatic carbocycles. The number of unbranched alkanes of at least 4 members (excludes halogenated alkanes) is 3. The van der Waals surface area contributed by atoms with E-state index in [1.807, 2.05) is 36.7 Å². The summed E-state index contributed by atoms with van der Waals surface area (Å²) in [5.41, 5.74) is 3.30. The SMILES string of the molecule is CCCCCCc1cnc(-c2ccc(CCC(Cl)C(C)C(=O)O)cc2)nc1. The van der Waals surface area contributed by atoms with Gasteiger partial charge in [-0.05, 0) is 36.8 Å². The number of aromatic nitrogens is 2.